The van der Waals surface area contributed by atoms with Crippen LogP contribution in [0.25, 0.3) is 0 Å². The monoisotopic (exact) mass is 560 g/mol. The number of carboxylic acids is 1. The van der Waals surface area contributed by atoms with Crippen LogP contribution in [-0.4, -0.2) is 53.3 Å². The van der Waals surface area contributed by atoms with Gasteiger partial charge in [0, 0.05) is 36.7 Å². The molecule has 0 radical (unpaired) electrons. The standard InChI is InChI=1S/C28H34F2N4O6/c1-16(24(36)31-14-19-9-10-20(29)13-21(19)30)33-26(38)22(11-12-23(35)32-15-28(2,3)4)34-25(37)17-5-7-18(8-6-17)27(39)40/h5-10,13,16,22H,11-12,14-15H2,1-4H3,(H,31,36)(H,32,35)(H,33,38)(H,34,37)(H,39,40)/t16-,22-/m0/s1. The molecule has 0 aliphatic carbocycles. The lowest BCUT2D eigenvalue weighted by Gasteiger charge is -2.22. The smallest absolute Gasteiger partial charge is 0.335 e. The van der Waals surface area contributed by atoms with Gasteiger partial charge in [0.1, 0.15) is 23.7 Å². The predicted octanol–water partition coefficient (Wildman–Crippen LogP) is 2.53. The van der Waals surface area contributed by atoms with Gasteiger partial charge >= 0.3 is 5.97 Å². The number of aromatic carboxylic acids is 1. The van der Waals surface area contributed by atoms with E-state index < -0.39 is 47.4 Å². The van der Waals surface area contributed by atoms with Crippen molar-refractivity contribution in [1.29, 1.82) is 0 Å². The molecule has 5 N–H and O–H groups in total. The second kappa shape index (κ2) is 14.2. The number of carboxylic acid groups (broad SMARTS) is 1. The summed E-state index contributed by atoms with van der Waals surface area (Å²) < 4.78 is 26.9. The molecule has 0 saturated carbocycles. The zero-order chi connectivity index (χ0) is 30.0. The van der Waals surface area contributed by atoms with Gasteiger partial charge in [0.25, 0.3) is 5.91 Å². The van der Waals surface area contributed by atoms with Gasteiger partial charge in [-0.25, -0.2) is 13.6 Å². The first-order valence-electron chi connectivity index (χ1n) is 12.6. The first kappa shape index (κ1) is 31.9. The summed E-state index contributed by atoms with van der Waals surface area (Å²) in [4.78, 5) is 61.8. The van der Waals surface area contributed by atoms with Crippen LogP contribution in [0.5, 0.6) is 0 Å². The summed E-state index contributed by atoms with van der Waals surface area (Å²) in [5.74, 6) is -5.17. The minimum atomic E-state index is -1.21. The zero-order valence-electron chi connectivity index (χ0n) is 22.8. The Morgan fingerprint density at radius 1 is 0.875 bits per heavy atom. The fraction of sp³-hybridized carbons (Fsp3) is 0.393. The molecule has 2 aromatic carbocycles. The average Bonchev–Trinajstić information content (AvgIpc) is 2.88. The van der Waals surface area contributed by atoms with Gasteiger partial charge in [0.05, 0.1) is 5.56 Å². The van der Waals surface area contributed by atoms with Crippen molar-refractivity contribution >= 4 is 29.6 Å². The summed E-state index contributed by atoms with van der Waals surface area (Å²) in [6, 6.07) is 5.67. The molecule has 0 fully saturated rings. The highest BCUT2D eigenvalue weighted by atomic mass is 19.1. The summed E-state index contributed by atoms with van der Waals surface area (Å²) in [5, 5.41) is 19.3. The molecule has 0 aromatic heterocycles. The van der Waals surface area contributed by atoms with E-state index in [-0.39, 0.29) is 47.4 Å². The number of amides is 4. The average molecular weight is 561 g/mol. The van der Waals surface area contributed by atoms with Crippen LogP contribution in [0.4, 0.5) is 8.78 Å². The second-order valence-electron chi connectivity index (χ2n) is 10.5. The molecule has 0 bridgehead atoms. The molecule has 0 spiro atoms. The number of nitrogens with one attached hydrogen (secondary N) is 4. The van der Waals surface area contributed by atoms with E-state index in [9.17, 15) is 32.8 Å². The van der Waals surface area contributed by atoms with Crippen molar-refractivity contribution in [2.45, 2.75) is 59.2 Å². The van der Waals surface area contributed by atoms with Crippen LogP contribution in [0.2, 0.25) is 0 Å². The Hall–Kier alpha value is -4.35. The Balaban J connectivity index is 2.07. The number of hydrogen-bond acceptors (Lipinski definition) is 5. The molecule has 0 unspecified atom stereocenters. The lowest BCUT2D eigenvalue weighted by molar-refractivity contribution is -0.130. The molecular formula is C28H34F2N4O6. The number of benzene rings is 2. The largest absolute Gasteiger partial charge is 0.478 e. The van der Waals surface area contributed by atoms with Crippen molar-refractivity contribution < 1.29 is 37.9 Å². The lowest BCUT2D eigenvalue weighted by atomic mass is 9.97. The SMILES string of the molecule is C[C@H](NC(=O)[C@H](CCC(=O)NCC(C)(C)C)NC(=O)c1ccc(C(=O)O)cc1)C(=O)NCc1ccc(F)cc1F. The number of halogens is 2. The van der Waals surface area contributed by atoms with Gasteiger partial charge in [-0.3, -0.25) is 19.2 Å². The molecule has 2 rings (SSSR count). The fourth-order valence-electron chi connectivity index (χ4n) is 3.38. The molecule has 0 aliphatic heterocycles. The van der Waals surface area contributed by atoms with Crippen molar-refractivity contribution in [3.05, 3.63) is 70.8 Å². The summed E-state index contributed by atoms with van der Waals surface area (Å²) in [6.45, 7) is 7.36. The quantitative estimate of drug-likeness (QED) is 0.269. The summed E-state index contributed by atoms with van der Waals surface area (Å²) in [5.41, 5.74) is -0.0509. The Morgan fingerprint density at radius 3 is 2.08 bits per heavy atom. The van der Waals surface area contributed by atoms with Crippen LogP contribution in [0.15, 0.2) is 42.5 Å². The number of carbonyl (C=O) groups excluding carboxylic acids is 4. The number of hydrogen-bond donors (Lipinski definition) is 5. The van der Waals surface area contributed by atoms with Crippen LogP contribution in [0, 0.1) is 17.0 Å². The highest BCUT2D eigenvalue weighted by molar-refractivity contribution is 5.99. The van der Waals surface area contributed by atoms with E-state index in [0.29, 0.717) is 12.6 Å². The normalized spacial score (nSPS) is 12.6. The van der Waals surface area contributed by atoms with Gasteiger partial charge < -0.3 is 26.4 Å². The van der Waals surface area contributed by atoms with Gasteiger partial charge in [0.2, 0.25) is 17.7 Å². The van der Waals surface area contributed by atoms with Crippen LogP contribution in [0.1, 0.15) is 66.8 Å². The van der Waals surface area contributed by atoms with Crippen molar-refractivity contribution in [2.75, 3.05) is 6.54 Å². The first-order valence-corrected chi connectivity index (χ1v) is 12.6. The van der Waals surface area contributed by atoms with Crippen molar-refractivity contribution in [2.24, 2.45) is 5.41 Å². The molecule has 4 amide bonds. The van der Waals surface area contributed by atoms with Crippen molar-refractivity contribution in [3.63, 3.8) is 0 Å². The van der Waals surface area contributed by atoms with Crippen LogP contribution in [0.3, 0.4) is 0 Å². The van der Waals surface area contributed by atoms with Gasteiger partial charge in [-0.2, -0.15) is 0 Å². The third-order valence-electron chi connectivity index (χ3n) is 5.71. The van der Waals surface area contributed by atoms with E-state index >= 15 is 0 Å². The Kier molecular flexibility index (Phi) is 11.3. The van der Waals surface area contributed by atoms with Gasteiger partial charge in [0.15, 0.2) is 0 Å². The Bertz CT molecular complexity index is 1240. The first-order chi connectivity index (χ1) is 18.7. The molecule has 0 saturated heterocycles. The van der Waals surface area contributed by atoms with Crippen LogP contribution >= 0.6 is 0 Å². The maximum Gasteiger partial charge on any atom is 0.335 e. The highest BCUT2D eigenvalue weighted by Crippen LogP contribution is 2.12. The predicted molar refractivity (Wildman–Crippen MR) is 142 cm³/mol. The van der Waals surface area contributed by atoms with Gasteiger partial charge in [-0.1, -0.05) is 26.8 Å². The van der Waals surface area contributed by atoms with E-state index in [2.05, 4.69) is 21.3 Å². The molecule has 2 aromatic rings. The molecular weight excluding hydrogens is 526 g/mol. The maximum absolute atomic E-state index is 13.8. The molecule has 0 aliphatic rings. The van der Waals surface area contributed by atoms with E-state index in [1.54, 1.807) is 0 Å². The van der Waals surface area contributed by atoms with E-state index in [4.69, 9.17) is 5.11 Å². The van der Waals surface area contributed by atoms with Gasteiger partial charge in [-0.05, 0) is 49.1 Å². The maximum atomic E-state index is 13.8. The topological polar surface area (TPSA) is 154 Å². The summed E-state index contributed by atoms with van der Waals surface area (Å²) in [7, 11) is 0. The van der Waals surface area contributed by atoms with E-state index in [1.807, 2.05) is 20.8 Å². The van der Waals surface area contributed by atoms with Crippen LogP contribution in [-0.2, 0) is 20.9 Å². The molecule has 0 heterocycles. The summed E-state index contributed by atoms with van der Waals surface area (Å²) >= 11 is 0. The number of rotatable bonds is 12. The molecule has 2 atom stereocenters. The van der Waals surface area contributed by atoms with Crippen molar-refractivity contribution in [1.82, 2.24) is 21.3 Å². The number of carbonyl (C=O) groups is 5. The third-order valence-corrected chi connectivity index (χ3v) is 5.71. The lowest BCUT2D eigenvalue weighted by Crippen LogP contribution is -2.53. The zero-order valence-corrected chi connectivity index (χ0v) is 22.8. The highest BCUT2D eigenvalue weighted by Gasteiger charge is 2.26. The minimum Gasteiger partial charge on any atom is -0.478 e. The minimum absolute atomic E-state index is 0.0262. The molecule has 40 heavy (non-hydrogen) atoms. The second-order valence-corrected chi connectivity index (χ2v) is 10.5. The molecule has 12 heteroatoms. The molecule has 10 nitrogen and oxygen atoms in total. The van der Waals surface area contributed by atoms with Gasteiger partial charge in [-0.15, -0.1) is 0 Å². The Labute approximate surface area is 230 Å². The fourth-order valence-corrected chi connectivity index (χ4v) is 3.38. The third kappa shape index (κ3) is 10.4. The van der Waals surface area contributed by atoms with Crippen LogP contribution < -0.4 is 21.3 Å². The van der Waals surface area contributed by atoms with Crippen molar-refractivity contribution in [3.8, 4) is 0 Å². The Morgan fingerprint density at radius 2 is 1.50 bits per heavy atom. The molecule has 216 valence electrons. The van der Waals surface area contributed by atoms with E-state index in [1.165, 1.54) is 37.3 Å². The summed E-state index contributed by atoms with van der Waals surface area (Å²) in [6.07, 6.45) is -0.188. The van der Waals surface area contributed by atoms with E-state index in [0.717, 1.165) is 6.07 Å².